The van der Waals surface area contributed by atoms with Gasteiger partial charge < -0.3 is 4.90 Å². The molecule has 1 atom stereocenters. The van der Waals surface area contributed by atoms with Crippen LogP contribution in [0.1, 0.15) is 19.8 Å². The number of alkyl halides is 1. The number of rotatable bonds is 5. The maximum absolute atomic E-state index is 3.44. The molecule has 2 heteroatoms. The molecule has 0 saturated heterocycles. The van der Waals surface area contributed by atoms with E-state index in [1.807, 2.05) is 0 Å². The van der Waals surface area contributed by atoms with E-state index in [9.17, 15) is 0 Å². The molecule has 0 amide bonds. The maximum atomic E-state index is 3.44. The Morgan fingerprint density at radius 3 is 2.30 bits per heavy atom. The van der Waals surface area contributed by atoms with Crippen LogP contribution >= 0.6 is 15.9 Å². The molecule has 0 rings (SSSR count). The van der Waals surface area contributed by atoms with Gasteiger partial charge in [0.15, 0.2) is 0 Å². The van der Waals surface area contributed by atoms with E-state index in [4.69, 9.17) is 0 Å². The number of nitrogens with zero attached hydrogens (tertiary/aromatic N) is 1. The lowest BCUT2D eigenvalue weighted by molar-refractivity contribution is 0.357. The van der Waals surface area contributed by atoms with E-state index in [1.165, 1.54) is 19.4 Å². The minimum Gasteiger partial charge on any atom is -0.309 e. The number of hydrogen-bond acceptors (Lipinski definition) is 1. The predicted molar refractivity (Wildman–Crippen MR) is 50.7 cm³/mol. The number of hydrogen-bond donors (Lipinski definition) is 0. The van der Waals surface area contributed by atoms with Gasteiger partial charge in [-0.2, -0.15) is 0 Å². The highest BCUT2D eigenvalue weighted by Crippen LogP contribution is 2.08. The fourth-order valence-corrected chi connectivity index (χ4v) is 1.59. The summed E-state index contributed by atoms with van der Waals surface area (Å²) < 4.78 is 0. The van der Waals surface area contributed by atoms with E-state index in [0.717, 1.165) is 11.2 Å². The summed E-state index contributed by atoms with van der Waals surface area (Å²) in [4.78, 5) is 2.24. The molecule has 0 bridgehead atoms. The molecule has 0 spiro atoms. The van der Waals surface area contributed by atoms with E-state index in [2.05, 4.69) is 41.8 Å². The first kappa shape index (κ1) is 10.4. The van der Waals surface area contributed by atoms with Gasteiger partial charge in [0, 0.05) is 5.33 Å². The van der Waals surface area contributed by atoms with Gasteiger partial charge in [0.1, 0.15) is 0 Å². The molecular weight excluding hydrogens is 190 g/mol. The van der Waals surface area contributed by atoms with Crippen LogP contribution in [-0.4, -0.2) is 30.9 Å². The van der Waals surface area contributed by atoms with Crippen molar-refractivity contribution in [2.24, 2.45) is 5.92 Å². The van der Waals surface area contributed by atoms with E-state index in [1.54, 1.807) is 0 Å². The van der Waals surface area contributed by atoms with Crippen LogP contribution < -0.4 is 0 Å². The van der Waals surface area contributed by atoms with Crippen LogP contribution in [0.4, 0.5) is 0 Å². The molecule has 1 nitrogen and oxygen atoms in total. The maximum Gasteiger partial charge on any atom is 0.00338 e. The average molecular weight is 208 g/mol. The molecular formula is C8H18BrN. The molecule has 0 aromatic carbocycles. The predicted octanol–water partition coefficient (Wildman–Crippen LogP) is 2.36. The summed E-state index contributed by atoms with van der Waals surface area (Å²) in [5.41, 5.74) is 0. The normalized spacial score (nSPS) is 14.1. The monoisotopic (exact) mass is 207 g/mol. The van der Waals surface area contributed by atoms with Crippen LogP contribution in [0, 0.1) is 5.92 Å². The average Bonchev–Trinajstić information content (AvgIpc) is 1.85. The Morgan fingerprint density at radius 2 is 1.90 bits per heavy atom. The van der Waals surface area contributed by atoms with Crippen molar-refractivity contribution in [3.63, 3.8) is 0 Å². The van der Waals surface area contributed by atoms with Crippen LogP contribution in [0.2, 0.25) is 0 Å². The lowest BCUT2D eigenvalue weighted by Gasteiger charge is -2.13. The molecule has 0 aliphatic rings. The van der Waals surface area contributed by atoms with Crippen LogP contribution in [0.25, 0.3) is 0 Å². The molecule has 0 fully saturated rings. The Bertz CT molecular complexity index is 73.7. The molecule has 0 heterocycles. The van der Waals surface area contributed by atoms with Crippen molar-refractivity contribution in [2.75, 3.05) is 26.0 Å². The molecule has 1 unspecified atom stereocenters. The Morgan fingerprint density at radius 1 is 1.30 bits per heavy atom. The summed E-state index contributed by atoms with van der Waals surface area (Å²) in [6, 6.07) is 0. The van der Waals surface area contributed by atoms with Crippen molar-refractivity contribution in [3.05, 3.63) is 0 Å². The molecule has 10 heavy (non-hydrogen) atoms. The standard InChI is InChI=1S/C8H18BrN/c1-8(4-6-9)5-7-10(2)3/h8H,4-7H2,1-3H3. The zero-order valence-corrected chi connectivity index (χ0v) is 8.82. The summed E-state index contributed by atoms with van der Waals surface area (Å²) in [6.07, 6.45) is 2.62. The summed E-state index contributed by atoms with van der Waals surface area (Å²) >= 11 is 3.44. The number of halogens is 1. The van der Waals surface area contributed by atoms with E-state index < -0.39 is 0 Å². The first-order valence-corrected chi connectivity index (χ1v) is 4.99. The topological polar surface area (TPSA) is 3.24 Å². The largest absolute Gasteiger partial charge is 0.309 e. The van der Waals surface area contributed by atoms with Crippen molar-refractivity contribution in [3.8, 4) is 0 Å². The summed E-state index contributed by atoms with van der Waals surface area (Å²) in [5.74, 6) is 0.863. The lowest BCUT2D eigenvalue weighted by atomic mass is 10.1. The highest BCUT2D eigenvalue weighted by atomic mass is 79.9. The highest BCUT2D eigenvalue weighted by molar-refractivity contribution is 9.09. The third-order valence-electron chi connectivity index (χ3n) is 1.67. The Kier molecular flexibility index (Phi) is 6.44. The van der Waals surface area contributed by atoms with Crippen LogP contribution in [0.5, 0.6) is 0 Å². The van der Waals surface area contributed by atoms with Crippen LogP contribution in [0.3, 0.4) is 0 Å². The molecule has 62 valence electrons. The summed E-state index contributed by atoms with van der Waals surface area (Å²) in [6.45, 7) is 3.53. The first-order chi connectivity index (χ1) is 4.66. The van der Waals surface area contributed by atoms with E-state index in [-0.39, 0.29) is 0 Å². The van der Waals surface area contributed by atoms with Gasteiger partial charge in [-0.15, -0.1) is 0 Å². The van der Waals surface area contributed by atoms with Gasteiger partial charge in [-0.05, 0) is 39.4 Å². The highest BCUT2D eigenvalue weighted by Gasteiger charge is 2.00. The van der Waals surface area contributed by atoms with Crippen molar-refractivity contribution in [2.45, 2.75) is 19.8 Å². The van der Waals surface area contributed by atoms with E-state index >= 15 is 0 Å². The second kappa shape index (κ2) is 6.17. The molecule has 0 saturated carbocycles. The van der Waals surface area contributed by atoms with Crippen LogP contribution in [0.15, 0.2) is 0 Å². The zero-order valence-electron chi connectivity index (χ0n) is 7.23. The second-order valence-corrected chi connectivity index (χ2v) is 3.97. The molecule has 0 N–H and O–H groups in total. The minimum absolute atomic E-state index is 0.863. The fourth-order valence-electron chi connectivity index (χ4n) is 0.809. The van der Waals surface area contributed by atoms with Crippen LogP contribution in [-0.2, 0) is 0 Å². The third-order valence-corrected chi connectivity index (χ3v) is 2.13. The van der Waals surface area contributed by atoms with Gasteiger partial charge in [0.05, 0.1) is 0 Å². The lowest BCUT2D eigenvalue weighted by Crippen LogP contribution is -2.15. The van der Waals surface area contributed by atoms with Gasteiger partial charge in [-0.1, -0.05) is 22.9 Å². The molecule has 0 radical (unpaired) electrons. The second-order valence-electron chi connectivity index (χ2n) is 3.17. The van der Waals surface area contributed by atoms with Crippen molar-refractivity contribution < 1.29 is 0 Å². The smallest absolute Gasteiger partial charge is 0.00338 e. The van der Waals surface area contributed by atoms with Gasteiger partial charge in [-0.3, -0.25) is 0 Å². The molecule has 0 aliphatic heterocycles. The summed E-state index contributed by atoms with van der Waals surface area (Å²) in [7, 11) is 4.25. The third kappa shape index (κ3) is 6.56. The SMILES string of the molecule is CC(CCBr)CCN(C)C. The Balaban J connectivity index is 3.12. The van der Waals surface area contributed by atoms with Gasteiger partial charge in [0.25, 0.3) is 0 Å². The van der Waals surface area contributed by atoms with E-state index in [0.29, 0.717) is 0 Å². The Labute approximate surface area is 72.9 Å². The first-order valence-electron chi connectivity index (χ1n) is 3.87. The Hall–Kier alpha value is 0.440. The fraction of sp³-hybridized carbons (Fsp3) is 1.00. The minimum atomic E-state index is 0.863. The molecule has 0 aromatic rings. The zero-order chi connectivity index (χ0) is 7.98. The van der Waals surface area contributed by atoms with Gasteiger partial charge in [-0.25, -0.2) is 0 Å². The quantitative estimate of drug-likeness (QED) is 0.627. The van der Waals surface area contributed by atoms with Crippen molar-refractivity contribution >= 4 is 15.9 Å². The van der Waals surface area contributed by atoms with Gasteiger partial charge in [0.2, 0.25) is 0 Å². The van der Waals surface area contributed by atoms with Crippen molar-refractivity contribution in [1.29, 1.82) is 0 Å². The molecule has 0 aliphatic carbocycles. The van der Waals surface area contributed by atoms with Gasteiger partial charge >= 0.3 is 0 Å². The molecule has 0 aromatic heterocycles. The van der Waals surface area contributed by atoms with Crippen molar-refractivity contribution in [1.82, 2.24) is 4.90 Å². The summed E-state index contributed by atoms with van der Waals surface area (Å²) in [5, 5.41) is 1.14.